The molecule has 2 N–H and O–H groups in total. The van der Waals surface area contributed by atoms with E-state index in [4.69, 9.17) is 14.2 Å². The summed E-state index contributed by atoms with van der Waals surface area (Å²) in [4.78, 5) is 73.8. The number of Topliss-reactive ketones (excluding diaryl/α,β-unsaturated/α-hetero) is 4. The Hall–Kier alpha value is -3.36. The van der Waals surface area contributed by atoms with Gasteiger partial charge < -0.3 is 24.8 Å². The molecule has 0 saturated carbocycles. The molecule has 0 unspecified atom stereocenters. The Morgan fingerprint density at radius 2 is 1.22 bits per heavy atom. The van der Waals surface area contributed by atoms with Crippen LogP contribution in [0.1, 0.15) is 106 Å². The first kappa shape index (κ1) is 45.7. The van der Waals surface area contributed by atoms with E-state index >= 15 is 0 Å². The molecule has 0 aliphatic rings. The van der Waals surface area contributed by atoms with Gasteiger partial charge in [-0.25, -0.2) is 4.68 Å². The number of nitrogens with one attached hydrogen (secondary N) is 2. The minimum absolute atomic E-state index is 0.0221. The van der Waals surface area contributed by atoms with E-state index in [9.17, 15) is 28.8 Å². The van der Waals surface area contributed by atoms with Crippen LogP contribution < -0.4 is 10.6 Å². The van der Waals surface area contributed by atoms with Crippen LogP contribution in [0, 0.1) is 23.7 Å². The van der Waals surface area contributed by atoms with Gasteiger partial charge in [0.2, 0.25) is 11.8 Å². The number of ketones is 4. The van der Waals surface area contributed by atoms with Gasteiger partial charge in [0, 0.05) is 62.1 Å². The van der Waals surface area contributed by atoms with Gasteiger partial charge in [-0.05, 0) is 12.8 Å². The van der Waals surface area contributed by atoms with E-state index in [0.29, 0.717) is 37.9 Å². The van der Waals surface area contributed by atoms with Gasteiger partial charge in [0.15, 0.2) is 0 Å². The molecule has 1 aromatic rings. The summed E-state index contributed by atoms with van der Waals surface area (Å²) in [6.07, 6.45) is 4.52. The average Bonchev–Trinajstić information content (AvgIpc) is 3.51. The minimum atomic E-state index is -0.980. The number of amides is 2. The van der Waals surface area contributed by atoms with Crippen molar-refractivity contribution in [1.29, 1.82) is 0 Å². The molecular formula is C37H63N5O9. The summed E-state index contributed by atoms with van der Waals surface area (Å²) in [6.45, 7) is 15.7. The monoisotopic (exact) mass is 721 g/mol. The van der Waals surface area contributed by atoms with Gasteiger partial charge in [-0.1, -0.05) is 67.0 Å². The zero-order valence-electron chi connectivity index (χ0n) is 32.2. The number of unbranched alkanes of at least 4 members (excludes halogenated alkanes) is 1. The lowest BCUT2D eigenvalue weighted by Crippen LogP contribution is -2.56. The molecule has 0 saturated heterocycles. The molecule has 0 atom stereocenters. The van der Waals surface area contributed by atoms with Crippen molar-refractivity contribution in [2.45, 2.75) is 119 Å². The van der Waals surface area contributed by atoms with Crippen molar-refractivity contribution in [3.05, 3.63) is 11.9 Å². The summed E-state index contributed by atoms with van der Waals surface area (Å²) in [6, 6.07) is 0. The number of rotatable bonds is 30. The van der Waals surface area contributed by atoms with Crippen LogP contribution in [0.4, 0.5) is 0 Å². The fourth-order valence-electron chi connectivity index (χ4n) is 4.85. The Morgan fingerprint density at radius 3 is 1.76 bits per heavy atom. The third-order valence-electron chi connectivity index (χ3n) is 8.37. The van der Waals surface area contributed by atoms with E-state index in [0.717, 1.165) is 0 Å². The van der Waals surface area contributed by atoms with E-state index in [-0.39, 0.29) is 125 Å². The molecule has 0 fully saturated rings. The Bertz CT molecular complexity index is 1170. The maximum absolute atomic E-state index is 13.2. The second kappa shape index (κ2) is 24.8. The molecule has 51 heavy (non-hydrogen) atoms. The summed E-state index contributed by atoms with van der Waals surface area (Å²) in [5.41, 5.74) is -0.516. The largest absolute Gasteiger partial charge is 0.378 e. The lowest BCUT2D eigenvalue weighted by molar-refractivity contribution is -0.132. The summed E-state index contributed by atoms with van der Waals surface area (Å²) >= 11 is 0. The first-order valence-electron chi connectivity index (χ1n) is 18.4. The Morgan fingerprint density at radius 1 is 0.686 bits per heavy atom. The van der Waals surface area contributed by atoms with E-state index < -0.39 is 11.4 Å². The van der Waals surface area contributed by atoms with Crippen LogP contribution in [-0.4, -0.2) is 102 Å². The molecule has 0 spiro atoms. The van der Waals surface area contributed by atoms with Gasteiger partial charge >= 0.3 is 0 Å². The third-order valence-corrected chi connectivity index (χ3v) is 8.37. The second-order valence-corrected chi connectivity index (χ2v) is 14.4. The van der Waals surface area contributed by atoms with Crippen LogP contribution in [0.15, 0.2) is 6.20 Å². The van der Waals surface area contributed by atoms with Crippen LogP contribution in [0.2, 0.25) is 0 Å². The predicted octanol–water partition coefficient (Wildman–Crippen LogP) is 3.47. The molecule has 14 nitrogen and oxygen atoms in total. The van der Waals surface area contributed by atoms with Crippen LogP contribution in [0.5, 0.6) is 0 Å². The molecule has 0 aromatic carbocycles. The maximum Gasteiger partial charge on any atom is 0.246 e. The normalized spacial score (nSPS) is 11.8. The standard InChI is InChI=1S/C37H63N5O9/c1-26(2)31(43)11-9-10-15-37(24-50-18-13-33(45)28(5)6,25-51-19-14-34(46)29(7)8)39-36(48)23-49-20-17-42-22-30(40-41-42)21-35(47)38-16-12-32(44)27(3)4/h22,26-29H,9-21,23-25H2,1-8H3,(H,38,47)(H,39,48). The van der Waals surface area contributed by atoms with Gasteiger partial charge in [-0.3, -0.25) is 28.8 Å². The number of carbonyl (C=O) groups excluding carboxylic acids is 6. The van der Waals surface area contributed by atoms with Crippen molar-refractivity contribution in [1.82, 2.24) is 25.6 Å². The number of hydrogen-bond donors (Lipinski definition) is 2. The summed E-state index contributed by atoms with van der Waals surface area (Å²) in [5.74, 6) is -0.615. The van der Waals surface area contributed by atoms with Crippen molar-refractivity contribution in [3.8, 4) is 0 Å². The lowest BCUT2D eigenvalue weighted by Gasteiger charge is -2.35. The van der Waals surface area contributed by atoms with E-state index in [1.807, 2.05) is 55.4 Å². The predicted molar refractivity (Wildman–Crippen MR) is 192 cm³/mol. The number of carbonyl (C=O) groups is 6. The summed E-state index contributed by atoms with van der Waals surface area (Å²) in [7, 11) is 0. The van der Waals surface area contributed by atoms with Crippen molar-refractivity contribution in [3.63, 3.8) is 0 Å². The SMILES string of the molecule is CC(C)C(=O)CCCCC(COCCC(=O)C(C)C)(COCCC(=O)C(C)C)NC(=O)COCCn1cc(CC(=O)NCCC(=O)C(C)C)nn1. The van der Waals surface area contributed by atoms with Gasteiger partial charge in [-0.15, -0.1) is 5.10 Å². The van der Waals surface area contributed by atoms with Crippen molar-refractivity contribution in [2.75, 3.05) is 46.2 Å². The average molecular weight is 722 g/mol. The van der Waals surface area contributed by atoms with Crippen LogP contribution in [0.25, 0.3) is 0 Å². The number of hydrogen-bond acceptors (Lipinski definition) is 11. The van der Waals surface area contributed by atoms with Gasteiger partial charge in [0.1, 0.15) is 29.7 Å². The summed E-state index contributed by atoms with van der Waals surface area (Å²) in [5, 5.41) is 13.8. The highest BCUT2D eigenvalue weighted by atomic mass is 16.5. The Kier molecular flexibility index (Phi) is 22.2. The highest BCUT2D eigenvalue weighted by molar-refractivity contribution is 5.82. The second-order valence-electron chi connectivity index (χ2n) is 14.4. The van der Waals surface area contributed by atoms with E-state index in [1.165, 1.54) is 4.68 Å². The zero-order chi connectivity index (χ0) is 38.4. The van der Waals surface area contributed by atoms with Gasteiger partial charge in [0.25, 0.3) is 0 Å². The summed E-state index contributed by atoms with van der Waals surface area (Å²) < 4.78 is 19.1. The maximum atomic E-state index is 13.2. The smallest absolute Gasteiger partial charge is 0.246 e. The molecular weight excluding hydrogens is 658 g/mol. The quantitative estimate of drug-likeness (QED) is 0.111. The molecule has 1 rings (SSSR count). The van der Waals surface area contributed by atoms with Gasteiger partial charge in [-0.2, -0.15) is 0 Å². The highest BCUT2D eigenvalue weighted by Gasteiger charge is 2.33. The van der Waals surface area contributed by atoms with Crippen molar-refractivity contribution < 1.29 is 43.0 Å². The molecule has 0 aliphatic carbocycles. The zero-order valence-corrected chi connectivity index (χ0v) is 32.2. The molecule has 0 radical (unpaired) electrons. The molecule has 1 aromatic heterocycles. The van der Waals surface area contributed by atoms with Crippen LogP contribution >= 0.6 is 0 Å². The molecule has 1 heterocycles. The molecule has 0 bridgehead atoms. The molecule has 290 valence electrons. The topological polar surface area (TPSA) is 185 Å². The number of aromatic nitrogens is 3. The first-order chi connectivity index (χ1) is 24.0. The van der Waals surface area contributed by atoms with Crippen molar-refractivity contribution >= 4 is 34.9 Å². The fraction of sp³-hybridized carbons (Fsp3) is 0.784. The Balaban J connectivity index is 2.82. The van der Waals surface area contributed by atoms with Crippen molar-refractivity contribution in [2.24, 2.45) is 23.7 Å². The Labute approximate surface area is 303 Å². The fourth-order valence-corrected chi connectivity index (χ4v) is 4.85. The van der Waals surface area contributed by atoms with E-state index in [1.54, 1.807) is 6.20 Å². The van der Waals surface area contributed by atoms with Crippen LogP contribution in [0.3, 0.4) is 0 Å². The number of nitrogens with zero attached hydrogens (tertiary/aromatic N) is 3. The molecule has 2 amide bonds. The molecule has 0 aliphatic heterocycles. The minimum Gasteiger partial charge on any atom is -0.378 e. The molecule has 14 heteroatoms. The third kappa shape index (κ3) is 20.3. The number of ether oxygens (including phenoxy) is 3. The lowest BCUT2D eigenvalue weighted by atomic mass is 9.92. The highest BCUT2D eigenvalue weighted by Crippen LogP contribution is 2.19. The van der Waals surface area contributed by atoms with Crippen LogP contribution in [-0.2, 0) is 55.9 Å². The van der Waals surface area contributed by atoms with E-state index in [2.05, 4.69) is 20.9 Å². The van der Waals surface area contributed by atoms with Gasteiger partial charge in [0.05, 0.1) is 57.2 Å². The first-order valence-corrected chi connectivity index (χ1v) is 18.4.